The standard InChI is InChI=1S/C24H20N2O5/c1-25-21(27)12-29-24(28)22-16-4-2-3-5-18(16)26-23-15(7-8-17(22)23)10-14-6-9-19-20(11-14)31-13-30-19/h2-6,9-11H,7-8,12-13H2,1H3,(H,25,27)/b15-10+. The fourth-order valence-corrected chi connectivity index (χ4v) is 3.99. The molecule has 0 atom stereocenters. The van der Waals surface area contributed by atoms with Crippen LogP contribution in [0.15, 0.2) is 42.5 Å². The number of esters is 1. The predicted octanol–water partition coefficient (Wildman–Crippen LogP) is 3.35. The monoisotopic (exact) mass is 416 g/mol. The van der Waals surface area contributed by atoms with Crippen molar-refractivity contribution in [2.75, 3.05) is 20.4 Å². The number of benzene rings is 2. The second kappa shape index (κ2) is 7.75. The van der Waals surface area contributed by atoms with Crippen LogP contribution in [0.1, 0.15) is 33.6 Å². The van der Waals surface area contributed by atoms with Crippen LogP contribution in [-0.4, -0.2) is 37.3 Å². The topological polar surface area (TPSA) is 86.8 Å². The smallest absolute Gasteiger partial charge is 0.339 e. The first-order chi connectivity index (χ1) is 15.1. The third-order valence-electron chi connectivity index (χ3n) is 5.50. The summed E-state index contributed by atoms with van der Waals surface area (Å²) in [5.74, 6) is 0.589. The van der Waals surface area contributed by atoms with Crippen molar-refractivity contribution in [1.29, 1.82) is 0 Å². The summed E-state index contributed by atoms with van der Waals surface area (Å²) in [6, 6.07) is 13.3. The van der Waals surface area contributed by atoms with Gasteiger partial charge in [-0.25, -0.2) is 9.78 Å². The molecule has 1 aromatic heterocycles. The summed E-state index contributed by atoms with van der Waals surface area (Å²) in [4.78, 5) is 29.4. The van der Waals surface area contributed by atoms with Crippen LogP contribution >= 0.6 is 0 Å². The van der Waals surface area contributed by atoms with Gasteiger partial charge in [-0.1, -0.05) is 24.3 Å². The second-order valence-corrected chi connectivity index (χ2v) is 7.36. The van der Waals surface area contributed by atoms with Gasteiger partial charge in [-0.3, -0.25) is 4.79 Å². The highest BCUT2D eigenvalue weighted by molar-refractivity contribution is 6.07. The van der Waals surface area contributed by atoms with Gasteiger partial charge in [-0.15, -0.1) is 0 Å². The molecule has 1 amide bonds. The minimum Gasteiger partial charge on any atom is -0.454 e. The van der Waals surface area contributed by atoms with Crippen LogP contribution in [0, 0.1) is 0 Å². The summed E-state index contributed by atoms with van der Waals surface area (Å²) in [5.41, 5.74) is 4.87. The number of para-hydroxylation sites is 1. The number of fused-ring (bicyclic) bond motifs is 3. The Labute approximate surface area is 178 Å². The number of ether oxygens (including phenoxy) is 3. The predicted molar refractivity (Wildman–Crippen MR) is 115 cm³/mol. The van der Waals surface area contributed by atoms with Crippen molar-refractivity contribution in [2.45, 2.75) is 12.8 Å². The van der Waals surface area contributed by atoms with Gasteiger partial charge in [0, 0.05) is 12.4 Å². The first-order valence-electron chi connectivity index (χ1n) is 10.0. The molecule has 7 nitrogen and oxygen atoms in total. The van der Waals surface area contributed by atoms with Gasteiger partial charge in [0.1, 0.15) is 0 Å². The second-order valence-electron chi connectivity index (χ2n) is 7.36. The Morgan fingerprint density at radius 1 is 1.13 bits per heavy atom. The lowest BCUT2D eigenvalue weighted by Crippen LogP contribution is -2.25. The molecule has 0 spiro atoms. The first kappa shape index (κ1) is 19.1. The number of carbonyl (C=O) groups excluding carboxylic acids is 2. The minimum atomic E-state index is -0.511. The molecule has 0 fully saturated rings. The van der Waals surface area contributed by atoms with Gasteiger partial charge < -0.3 is 19.5 Å². The molecule has 0 radical (unpaired) electrons. The Morgan fingerprint density at radius 3 is 2.84 bits per heavy atom. The van der Waals surface area contributed by atoms with E-state index in [1.54, 1.807) is 0 Å². The molecule has 156 valence electrons. The van der Waals surface area contributed by atoms with E-state index in [4.69, 9.17) is 19.2 Å². The molecule has 5 rings (SSSR count). The summed E-state index contributed by atoms with van der Waals surface area (Å²) >= 11 is 0. The number of aromatic nitrogens is 1. The van der Waals surface area contributed by atoms with Gasteiger partial charge in [0.25, 0.3) is 5.91 Å². The largest absolute Gasteiger partial charge is 0.454 e. The maximum Gasteiger partial charge on any atom is 0.339 e. The lowest BCUT2D eigenvalue weighted by atomic mass is 10.0. The molecule has 0 bridgehead atoms. The summed E-state index contributed by atoms with van der Waals surface area (Å²) < 4.78 is 16.1. The zero-order chi connectivity index (χ0) is 21.4. The molecule has 1 aliphatic heterocycles. The fraction of sp³-hybridized carbons (Fsp3) is 0.208. The molecule has 31 heavy (non-hydrogen) atoms. The van der Waals surface area contributed by atoms with Gasteiger partial charge in [-0.05, 0) is 53.8 Å². The van der Waals surface area contributed by atoms with Crippen molar-refractivity contribution in [2.24, 2.45) is 0 Å². The summed E-state index contributed by atoms with van der Waals surface area (Å²) in [7, 11) is 1.50. The van der Waals surface area contributed by atoms with E-state index in [-0.39, 0.29) is 19.3 Å². The van der Waals surface area contributed by atoms with Gasteiger partial charge in [0.05, 0.1) is 16.8 Å². The molecule has 3 aromatic rings. The Morgan fingerprint density at radius 2 is 1.97 bits per heavy atom. The van der Waals surface area contributed by atoms with Crippen LogP contribution in [0.3, 0.4) is 0 Å². The Balaban J connectivity index is 1.57. The van der Waals surface area contributed by atoms with E-state index in [1.165, 1.54) is 7.05 Å². The van der Waals surface area contributed by atoms with Gasteiger partial charge >= 0.3 is 5.97 Å². The average Bonchev–Trinajstić information content (AvgIpc) is 3.42. The Hall–Kier alpha value is -3.87. The molecule has 0 saturated heterocycles. The van der Waals surface area contributed by atoms with E-state index in [0.29, 0.717) is 17.5 Å². The molecule has 1 N–H and O–H groups in total. The molecular weight excluding hydrogens is 396 g/mol. The van der Waals surface area contributed by atoms with E-state index in [2.05, 4.69) is 11.4 Å². The lowest BCUT2D eigenvalue weighted by molar-refractivity contribution is -0.123. The molecule has 1 aliphatic carbocycles. The molecule has 2 aromatic carbocycles. The maximum atomic E-state index is 13.0. The van der Waals surface area contributed by atoms with Crippen LogP contribution in [0.25, 0.3) is 22.6 Å². The zero-order valence-electron chi connectivity index (χ0n) is 16.9. The van der Waals surface area contributed by atoms with Crippen molar-refractivity contribution in [1.82, 2.24) is 10.3 Å². The van der Waals surface area contributed by atoms with E-state index >= 15 is 0 Å². The highest BCUT2D eigenvalue weighted by atomic mass is 16.7. The van der Waals surface area contributed by atoms with E-state index in [9.17, 15) is 9.59 Å². The van der Waals surface area contributed by atoms with Crippen molar-refractivity contribution in [3.63, 3.8) is 0 Å². The summed E-state index contributed by atoms with van der Waals surface area (Å²) in [6.07, 6.45) is 3.49. The van der Waals surface area contributed by atoms with Gasteiger partial charge in [-0.2, -0.15) is 0 Å². The molecule has 7 heteroatoms. The van der Waals surface area contributed by atoms with Gasteiger partial charge in [0.2, 0.25) is 6.79 Å². The number of carbonyl (C=O) groups is 2. The number of hydrogen-bond donors (Lipinski definition) is 1. The Kier molecular flexibility index (Phi) is 4.78. The molecule has 2 heterocycles. The summed E-state index contributed by atoms with van der Waals surface area (Å²) in [6.45, 7) is -0.0894. The number of hydrogen-bond acceptors (Lipinski definition) is 6. The highest BCUT2D eigenvalue weighted by Crippen LogP contribution is 2.39. The normalized spacial score (nSPS) is 15.2. The number of likely N-dealkylation sites (N-methyl/N-ethyl adjacent to an activating group) is 1. The van der Waals surface area contributed by atoms with Crippen LogP contribution in [0.5, 0.6) is 11.5 Å². The third kappa shape index (κ3) is 3.48. The first-order valence-corrected chi connectivity index (χ1v) is 10.0. The quantitative estimate of drug-likeness (QED) is 0.657. The summed E-state index contributed by atoms with van der Waals surface area (Å²) in [5, 5.41) is 3.19. The number of nitrogens with zero attached hydrogens (tertiary/aromatic N) is 1. The lowest BCUT2D eigenvalue weighted by Gasteiger charge is -2.12. The van der Waals surface area contributed by atoms with Crippen LogP contribution in [-0.2, 0) is 16.0 Å². The zero-order valence-corrected chi connectivity index (χ0v) is 16.9. The van der Waals surface area contributed by atoms with Crippen LogP contribution in [0.2, 0.25) is 0 Å². The number of amides is 1. The molecule has 0 unspecified atom stereocenters. The van der Waals surface area contributed by atoms with E-state index in [0.717, 1.165) is 45.7 Å². The van der Waals surface area contributed by atoms with Crippen molar-refractivity contribution in [3.05, 3.63) is 64.8 Å². The number of pyridine rings is 1. The third-order valence-corrected chi connectivity index (χ3v) is 5.50. The number of nitrogens with one attached hydrogen (secondary N) is 1. The minimum absolute atomic E-state index is 0.229. The van der Waals surface area contributed by atoms with Crippen molar-refractivity contribution < 1.29 is 23.8 Å². The number of allylic oxidation sites excluding steroid dienone is 1. The van der Waals surface area contributed by atoms with Crippen LogP contribution in [0.4, 0.5) is 0 Å². The molecule has 0 saturated carbocycles. The highest BCUT2D eigenvalue weighted by Gasteiger charge is 2.28. The van der Waals surface area contributed by atoms with Crippen LogP contribution < -0.4 is 14.8 Å². The van der Waals surface area contributed by atoms with Crippen molar-refractivity contribution in [3.8, 4) is 11.5 Å². The molecular formula is C24H20N2O5. The fourth-order valence-electron chi connectivity index (χ4n) is 3.99. The van der Waals surface area contributed by atoms with Crippen molar-refractivity contribution >= 4 is 34.4 Å². The Bertz CT molecular complexity index is 1250. The average molecular weight is 416 g/mol. The van der Waals surface area contributed by atoms with E-state index < -0.39 is 5.97 Å². The SMILES string of the molecule is CNC(=O)COC(=O)c1c2c(nc3ccccc13)/C(=C/c1ccc3c(c1)OCO3)CC2. The van der Waals surface area contributed by atoms with Gasteiger partial charge in [0.15, 0.2) is 18.1 Å². The molecule has 2 aliphatic rings. The maximum absolute atomic E-state index is 13.0. The van der Waals surface area contributed by atoms with E-state index in [1.807, 2.05) is 42.5 Å². The number of rotatable bonds is 4.